The number of rotatable bonds is 5. The predicted octanol–water partition coefficient (Wildman–Crippen LogP) is 3.45. The lowest BCUT2D eigenvalue weighted by Gasteiger charge is -2.23. The highest BCUT2D eigenvalue weighted by Gasteiger charge is 2.30. The lowest BCUT2D eigenvalue weighted by atomic mass is 10.1. The van der Waals surface area contributed by atoms with E-state index in [4.69, 9.17) is 4.74 Å². The van der Waals surface area contributed by atoms with Gasteiger partial charge in [0.25, 0.3) is 5.91 Å². The fourth-order valence-electron chi connectivity index (χ4n) is 3.69. The Morgan fingerprint density at radius 3 is 2.50 bits per heavy atom. The van der Waals surface area contributed by atoms with Gasteiger partial charge in [-0.1, -0.05) is 30.3 Å². The summed E-state index contributed by atoms with van der Waals surface area (Å²) < 4.78 is 31.9. The number of nitrogens with zero attached hydrogens (tertiary/aromatic N) is 2. The molecule has 30 heavy (non-hydrogen) atoms. The van der Waals surface area contributed by atoms with Gasteiger partial charge < -0.3 is 9.64 Å². The molecule has 3 aromatic carbocycles. The van der Waals surface area contributed by atoms with Crippen molar-refractivity contribution in [3.05, 3.63) is 66.2 Å². The third-order valence-corrected chi connectivity index (χ3v) is 7.18. The van der Waals surface area contributed by atoms with Crippen molar-refractivity contribution in [2.75, 3.05) is 25.5 Å². The second-order valence-electron chi connectivity index (χ2n) is 7.59. The van der Waals surface area contributed by atoms with Gasteiger partial charge in [-0.3, -0.25) is 4.79 Å². The molecule has 0 spiro atoms. The summed E-state index contributed by atoms with van der Waals surface area (Å²) in [7, 11) is -0.498. The molecule has 1 aliphatic rings. The molecule has 1 aliphatic heterocycles. The molecule has 0 unspecified atom stereocenters. The van der Waals surface area contributed by atoms with Crippen molar-refractivity contribution in [2.45, 2.75) is 24.3 Å². The lowest BCUT2D eigenvalue weighted by Crippen LogP contribution is -2.39. The van der Waals surface area contributed by atoms with Crippen LogP contribution < -0.4 is 9.64 Å². The smallest absolute Gasteiger partial charge is 0.267 e. The zero-order valence-electron chi connectivity index (χ0n) is 17.2. The minimum Gasteiger partial charge on any atom is -0.481 e. The Bertz CT molecular complexity index is 1220. The summed E-state index contributed by atoms with van der Waals surface area (Å²) in [6.45, 7) is 2.24. The zero-order valence-corrected chi connectivity index (χ0v) is 18.0. The summed E-state index contributed by atoms with van der Waals surface area (Å²) in [5, 5.41) is 2.16. The van der Waals surface area contributed by atoms with Crippen molar-refractivity contribution in [2.24, 2.45) is 0 Å². The largest absolute Gasteiger partial charge is 0.481 e. The Labute approximate surface area is 176 Å². The molecular weight excluding hydrogens is 400 g/mol. The maximum absolute atomic E-state index is 13.0. The fourth-order valence-corrected chi connectivity index (χ4v) is 4.65. The third kappa shape index (κ3) is 3.66. The number of carbonyl (C=O) groups is 1. The fraction of sp³-hybridized carbons (Fsp3) is 0.261. The highest BCUT2D eigenvalue weighted by atomic mass is 32.2. The number of carbonyl (C=O) groups excluding carboxylic acids is 1. The topological polar surface area (TPSA) is 66.9 Å². The standard InChI is InChI=1S/C23H24N2O4S/c1-16(29-20-9-8-17-6-4-5-7-18(17)14-20)23(26)25-13-12-19-15-21(10-11-22(19)25)30(27,28)24(2)3/h4-11,14-16H,12-13H2,1-3H3/t16-/m1/s1. The van der Waals surface area contributed by atoms with Gasteiger partial charge in [-0.05, 0) is 60.0 Å². The first-order valence-corrected chi connectivity index (χ1v) is 11.2. The predicted molar refractivity (Wildman–Crippen MR) is 117 cm³/mol. The van der Waals surface area contributed by atoms with Gasteiger partial charge in [0.15, 0.2) is 6.10 Å². The van der Waals surface area contributed by atoms with E-state index < -0.39 is 16.1 Å². The first kappa shape index (κ1) is 20.4. The molecule has 6 nitrogen and oxygen atoms in total. The van der Waals surface area contributed by atoms with Gasteiger partial charge in [0.2, 0.25) is 10.0 Å². The molecule has 156 valence electrons. The van der Waals surface area contributed by atoms with Crippen LogP contribution in [-0.2, 0) is 21.2 Å². The van der Waals surface area contributed by atoms with Gasteiger partial charge in [0.05, 0.1) is 4.90 Å². The molecule has 1 atom stereocenters. The first-order valence-electron chi connectivity index (χ1n) is 9.79. The average Bonchev–Trinajstić information content (AvgIpc) is 3.16. The molecule has 7 heteroatoms. The van der Waals surface area contributed by atoms with Crippen LogP contribution in [0.5, 0.6) is 5.75 Å². The SMILES string of the molecule is C[C@@H](Oc1ccc2ccccc2c1)C(=O)N1CCc2cc(S(=O)(=O)N(C)C)ccc21. The van der Waals surface area contributed by atoms with Crippen LogP contribution in [0.4, 0.5) is 5.69 Å². The first-order chi connectivity index (χ1) is 14.3. The quantitative estimate of drug-likeness (QED) is 0.629. The van der Waals surface area contributed by atoms with Crippen LogP contribution in [0.1, 0.15) is 12.5 Å². The van der Waals surface area contributed by atoms with Crippen LogP contribution in [0.15, 0.2) is 65.6 Å². The summed E-state index contributed by atoms with van der Waals surface area (Å²) in [6.07, 6.45) is -0.0529. The Morgan fingerprint density at radius 2 is 1.77 bits per heavy atom. The normalized spacial score (nSPS) is 14.7. The van der Waals surface area contributed by atoms with Gasteiger partial charge in [-0.2, -0.15) is 0 Å². The average molecular weight is 425 g/mol. The van der Waals surface area contributed by atoms with Gasteiger partial charge in [0.1, 0.15) is 5.75 Å². The van der Waals surface area contributed by atoms with E-state index in [0.29, 0.717) is 18.7 Å². The summed E-state index contributed by atoms with van der Waals surface area (Å²) in [6, 6.07) is 18.7. The van der Waals surface area contributed by atoms with Crippen LogP contribution in [0.25, 0.3) is 10.8 Å². The Hall–Kier alpha value is -2.90. The van der Waals surface area contributed by atoms with E-state index >= 15 is 0 Å². The maximum Gasteiger partial charge on any atom is 0.267 e. The monoisotopic (exact) mass is 424 g/mol. The Morgan fingerprint density at radius 1 is 1.03 bits per heavy atom. The van der Waals surface area contributed by atoms with Crippen molar-refractivity contribution in [1.82, 2.24) is 4.31 Å². The Balaban J connectivity index is 1.53. The number of fused-ring (bicyclic) bond motifs is 2. The summed E-state index contributed by atoms with van der Waals surface area (Å²) in [5.41, 5.74) is 1.59. The van der Waals surface area contributed by atoms with E-state index in [-0.39, 0.29) is 10.8 Å². The molecule has 0 aliphatic carbocycles. The van der Waals surface area contributed by atoms with Crippen LogP contribution in [0.2, 0.25) is 0 Å². The molecule has 0 radical (unpaired) electrons. The summed E-state index contributed by atoms with van der Waals surface area (Å²) >= 11 is 0. The van der Waals surface area contributed by atoms with Crippen molar-refractivity contribution < 1.29 is 17.9 Å². The van der Waals surface area contributed by atoms with E-state index in [0.717, 1.165) is 22.0 Å². The number of sulfonamides is 1. The van der Waals surface area contributed by atoms with Crippen molar-refractivity contribution in [1.29, 1.82) is 0 Å². The highest BCUT2D eigenvalue weighted by molar-refractivity contribution is 7.89. The number of anilines is 1. The zero-order chi connectivity index (χ0) is 21.5. The van der Waals surface area contributed by atoms with E-state index in [1.165, 1.54) is 18.4 Å². The molecule has 0 saturated heterocycles. The van der Waals surface area contributed by atoms with Crippen molar-refractivity contribution >= 4 is 32.4 Å². The number of amides is 1. The van der Waals surface area contributed by atoms with Crippen LogP contribution in [0, 0.1) is 0 Å². The molecular formula is C23H24N2O4S. The molecule has 1 heterocycles. The van der Waals surface area contributed by atoms with Crippen molar-refractivity contribution in [3.8, 4) is 5.75 Å². The molecule has 3 aromatic rings. The summed E-state index contributed by atoms with van der Waals surface area (Å²) in [5.74, 6) is 0.492. The molecule has 0 aromatic heterocycles. The molecule has 1 amide bonds. The van der Waals surface area contributed by atoms with Gasteiger partial charge in [-0.25, -0.2) is 12.7 Å². The lowest BCUT2D eigenvalue weighted by molar-refractivity contribution is -0.124. The number of benzene rings is 3. The van der Waals surface area contributed by atoms with Crippen molar-refractivity contribution in [3.63, 3.8) is 0 Å². The highest BCUT2D eigenvalue weighted by Crippen LogP contribution is 2.32. The van der Waals surface area contributed by atoms with Gasteiger partial charge in [0, 0.05) is 26.3 Å². The van der Waals surface area contributed by atoms with E-state index in [9.17, 15) is 13.2 Å². The van der Waals surface area contributed by atoms with Crippen LogP contribution in [0.3, 0.4) is 0 Å². The second-order valence-corrected chi connectivity index (χ2v) is 9.74. The number of hydrogen-bond acceptors (Lipinski definition) is 4. The Kier molecular flexibility index (Phi) is 5.26. The molecule has 4 rings (SSSR count). The molecule has 0 fully saturated rings. The third-order valence-electron chi connectivity index (χ3n) is 5.37. The molecule has 0 N–H and O–H groups in total. The number of hydrogen-bond donors (Lipinski definition) is 0. The summed E-state index contributed by atoms with van der Waals surface area (Å²) in [4.78, 5) is 15.0. The number of ether oxygens (including phenoxy) is 1. The maximum atomic E-state index is 13.0. The molecule has 0 bridgehead atoms. The minimum atomic E-state index is -3.51. The van der Waals surface area contributed by atoms with Gasteiger partial charge in [-0.15, -0.1) is 0 Å². The minimum absolute atomic E-state index is 0.148. The second kappa shape index (κ2) is 7.74. The molecule has 0 saturated carbocycles. The van der Waals surface area contributed by atoms with E-state index in [2.05, 4.69) is 0 Å². The van der Waals surface area contributed by atoms with E-state index in [1.54, 1.807) is 30.0 Å². The van der Waals surface area contributed by atoms with Gasteiger partial charge >= 0.3 is 0 Å². The van der Waals surface area contributed by atoms with Crippen LogP contribution >= 0.6 is 0 Å². The van der Waals surface area contributed by atoms with Crippen LogP contribution in [-0.4, -0.2) is 45.4 Å². The van der Waals surface area contributed by atoms with E-state index in [1.807, 2.05) is 42.5 Å².